The summed E-state index contributed by atoms with van der Waals surface area (Å²) in [4.78, 5) is 23.5. The SMILES string of the molecule is COC(COc1ncc(-c2cnc(C)c([C@H](OC(C)(C)C)C(=O)O)c2N2CCC(C)(C)CC2)cc1F)C(C)C. The number of aromatic nitrogens is 2. The number of aryl methyl sites for hydroxylation is 1. The average Bonchev–Trinajstić information content (AvgIpc) is 2.83. The number of carboxylic acid groups (broad SMARTS) is 1. The zero-order valence-corrected chi connectivity index (χ0v) is 24.8. The van der Waals surface area contributed by atoms with Crippen LogP contribution in [0.25, 0.3) is 11.1 Å². The third-order valence-electron chi connectivity index (χ3n) is 7.23. The molecule has 0 radical (unpaired) electrons. The fourth-order valence-electron chi connectivity index (χ4n) is 4.77. The van der Waals surface area contributed by atoms with Gasteiger partial charge in [-0.05, 0) is 57.9 Å². The van der Waals surface area contributed by atoms with Crippen LogP contribution in [0.2, 0.25) is 0 Å². The van der Waals surface area contributed by atoms with Crippen LogP contribution in [0.3, 0.4) is 0 Å². The number of ether oxygens (including phenoxy) is 3. The van der Waals surface area contributed by atoms with Crippen LogP contribution in [0.1, 0.15) is 78.7 Å². The maximum atomic E-state index is 15.3. The number of hydrogen-bond acceptors (Lipinski definition) is 7. The third-order valence-corrected chi connectivity index (χ3v) is 7.23. The summed E-state index contributed by atoms with van der Waals surface area (Å²) >= 11 is 0. The van der Waals surface area contributed by atoms with E-state index in [-0.39, 0.29) is 29.9 Å². The van der Waals surface area contributed by atoms with Gasteiger partial charge < -0.3 is 24.2 Å². The molecule has 1 N–H and O–H groups in total. The molecule has 1 unspecified atom stereocenters. The second-order valence-corrected chi connectivity index (χ2v) is 12.5. The molecule has 3 rings (SSSR count). The van der Waals surface area contributed by atoms with Crippen LogP contribution in [0, 0.1) is 24.1 Å². The van der Waals surface area contributed by atoms with Gasteiger partial charge in [0, 0.05) is 55.0 Å². The molecule has 8 nitrogen and oxygen atoms in total. The maximum absolute atomic E-state index is 15.3. The minimum Gasteiger partial charge on any atom is -0.479 e. The van der Waals surface area contributed by atoms with Crippen molar-refractivity contribution in [3.63, 3.8) is 0 Å². The van der Waals surface area contributed by atoms with E-state index in [0.29, 0.717) is 28.1 Å². The first-order valence-corrected chi connectivity index (χ1v) is 13.6. The Morgan fingerprint density at radius 3 is 2.33 bits per heavy atom. The summed E-state index contributed by atoms with van der Waals surface area (Å²) in [7, 11) is 1.60. The Labute approximate surface area is 231 Å². The molecule has 2 aromatic rings. The number of rotatable bonds is 10. The van der Waals surface area contributed by atoms with E-state index >= 15 is 4.39 Å². The molecule has 2 aromatic heterocycles. The van der Waals surface area contributed by atoms with E-state index in [1.807, 2.05) is 34.6 Å². The molecule has 1 saturated heterocycles. The van der Waals surface area contributed by atoms with Crippen molar-refractivity contribution in [1.82, 2.24) is 9.97 Å². The summed E-state index contributed by atoms with van der Waals surface area (Å²) in [5, 5.41) is 10.3. The van der Waals surface area contributed by atoms with E-state index in [4.69, 9.17) is 14.2 Å². The van der Waals surface area contributed by atoms with Crippen molar-refractivity contribution in [2.24, 2.45) is 11.3 Å². The number of anilines is 1. The van der Waals surface area contributed by atoms with Gasteiger partial charge >= 0.3 is 5.97 Å². The number of piperidine rings is 1. The molecule has 0 saturated carbocycles. The maximum Gasteiger partial charge on any atom is 0.337 e. The number of aliphatic carboxylic acids is 1. The molecule has 0 aromatic carbocycles. The normalized spacial score (nSPS) is 17.3. The number of halogens is 1. The van der Waals surface area contributed by atoms with Gasteiger partial charge in [-0.15, -0.1) is 0 Å². The minimum absolute atomic E-state index is 0.109. The molecule has 39 heavy (non-hydrogen) atoms. The van der Waals surface area contributed by atoms with Gasteiger partial charge in [-0.2, -0.15) is 0 Å². The highest BCUT2D eigenvalue weighted by Gasteiger charge is 2.36. The predicted molar refractivity (Wildman–Crippen MR) is 150 cm³/mol. The molecule has 3 heterocycles. The highest BCUT2D eigenvalue weighted by atomic mass is 19.1. The molecular formula is C30H44FN3O5. The van der Waals surface area contributed by atoms with Crippen LogP contribution in [-0.2, 0) is 14.3 Å². The molecule has 1 aliphatic heterocycles. The first kappa shape index (κ1) is 30.8. The van der Waals surface area contributed by atoms with E-state index in [0.717, 1.165) is 25.9 Å². The van der Waals surface area contributed by atoms with Crippen molar-refractivity contribution in [2.75, 3.05) is 31.7 Å². The van der Waals surface area contributed by atoms with Crippen LogP contribution in [0.5, 0.6) is 5.88 Å². The molecule has 1 aliphatic rings. The summed E-state index contributed by atoms with van der Waals surface area (Å²) in [5.41, 5.74) is 2.29. The van der Waals surface area contributed by atoms with Crippen LogP contribution >= 0.6 is 0 Å². The number of nitrogens with zero attached hydrogens (tertiary/aromatic N) is 3. The molecule has 9 heteroatoms. The lowest BCUT2D eigenvalue weighted by atomic mass is 9.82. The van der Waals surface area contributed by atoms with E-state index < -0.39 is 23.5 Å². The third kappa shape index (κ3) is 7.66. The number of carboxylic acids is 1. The molecule has 0 bridgehead atoms. The predicted octanol–water partition coefficient (Wildman–Crippen LogP) is 6.21. The van der Waals surface area contributed by atoms with Gasteiger partial charge in [-0.3, -0.25) is 4.98 Å². The van der Waals surface area contributed by atoms with Gasteiger partial charge in [0.2, 0.25) is 5.88 Å². The molecule has 1 fully saturated rings. The van der Waals surface area contributed by atoms with Gasteiger partial charge in [-0.1, -0.05) is 27.7 Å². The Morgan fingerprint density at radius 1 is 1.18 bits per heavy atom. The standard InChI is InChI=1S/C30H44FN3O5/c1-18(2)23(37-9)17-38-27-22(31)14-20(15-33-27)21-16-32-19(3)24(26(28(35)36)39-29(4,5)6)25(21)34-12-10-30(7,8)11-13-34/h14-16,18,23,26H,10-13,17H2,1-9H3,(H,35,36)/t23?,26-/m0/s1. The number of hydrogen-bond donors (Lipinski definition) is 1. The first-order valence-electron chi connectivity index (χ1n) is 13.6. The van der Waals surface area contributed by atoms with E-state index in [2.05, 4.69) is 28.7 Å². The summed E-state index contributed by atoms with van der Waals surface area (Å²) in [6.45, 7) is 17.4. The molecule has 2 atom stereocenters. The second-order valence-electron chi connectivity index (χ2n) is 12.5. The zero-order valence-electron chi connectivity index (χ0n) is 24.8. The zero-order chi connectivity index (χ0) is 29.1. The molecular weight excluding hydrogens is 501 g/mol. The van der Waals surface area contributed by atoms with Crippen molar-refractivity contribution >= 4 is 11.7 Å². The van der Waals surface area contributed by atoms with Crippen molar-refractivity contribution in [3.8, 4) is 17.0 Å². The summed E-state index contributed by atoms with van der Waals surface area (Å²) in [6, 6.07) is 1.37. The summed E-state index contributed by atoms with van der Waals surface area (Å²) < 4.78 is 32.4. The Bertz CT molecular complexity index is 1150. The van der Waals surface area contributed by atoms with Gasteiger partial charge in [0.1, 0.15) is 6.61 Å². The average molecular weight is 546 g/mol. The smallest absolute Gasteiger partial charge is 0.337 e. The van der Waals surface area contributed by atoms with Crippen molar-refractivity contribution in [1.29, 1.82) is 0 Å². The highest BCUT2D eigenvalue weighted by Crippen LogP contribution is 2.43. The first-order chi connectivity index (χ1) is 18.1. The molecule has 0 aliphatic carbocycles. The molecule has 216 valence electrons. The monoisotopic (exact) mass is 545 g/mol. The van der Waals surface area contributed by atoms with E-state index in [1.165, 1.54) is 6.07 Å². The largest absolute Gasteiger partial charge is 0.479 e. The lowest BCUT2D eigenvalue weighted by Crippen LogP contribution is -2.39. The highest BCUT2D eigenvalue weighted by molar-refractivity contribution is 5.86. The summed E-state index contributed by atoms with van der Waals surface area (Å²) in [5.74, 6) is -1.62. The van der Waals surface area contributed by atoms with Crippen LogP contribution in [0.15, 0.2) is 18.5 Å². The van der Waals surface area contributed by atoms with Gasteiger partial charge in [-0.25, -0.2) is 14.2 Å². The van der Waals surface area contributed by atoms with Gasteiger partial charge in [0.25, 0.3) is 0 Å². The topological polar surface area (TPSA) is 94.0 Å². The Hall–Kier alpha value is -2.78. The van der Waals surface area contributed by atoms with Crippen LogP contribution in [-0.4, -0.2) is 59.6 Å². The molecule has 0 spiro atoms. The van der Waals surface area contributed by atoms with Crippen molar-refractivity contribution in [3.05, 3.63) is 35.5 Å². The van der Waals surface area contributed by atoms with Crippen LogP contribution < -0.4 is 9.64 Å². The molecule has 0 amide bonds. The van der Waals surface area contributed by atoms with E-state index in [1.54, 1.807) is 26.4 Å². The quantitative estimate of drug-likeness (QED) is 0.377. The second kappa shape index (κ2) is 12.2. The number of carbonyl (C=O) groups is 1. The van der Waals surface area contributed by atoms with Gasteiger partial charge in [0.15, 0.2) is 11.9 Å². The van der Waals surface area contributed by atoms with Crippen molar-refractivity contribution in [2.45, 2.75) is 86.0 Å². The Balaban J connectivity index is 2.12. The van der Waals surface area contributed by atoms with Crippen LogP contribution in [0.4, 0.5) is 10.1 Å². The summed E-state index contributed by atoms with van der Waals surface area (Å²) in [6.07, 6.45) is 3.64. The number of methoxy groups -OCH3 is 1. The Kier molecular flexibility index (Phi) is 9.60. The Morgan fingerprint density at radius 2 is 1.82 bits per heavy atom. The van der Waals surface area contributed by atoms with Gasteiger partial charge in [0.05, 0.1) is 17.4 Å². The fraction of sp³-hybridized carbons (Fsp3) is 0.633. The lowest BCUT2D eigenvalue weighted by molar-refractivity contribution is -0.160. The fourth-order valence-corrected chi connectivity index (χ4v) is 4.77. The lowest BCUT2D eigenvalue weighted by Gasteiger charge is -2.40. The van der Waals surface area contributed by atoms with E-state index in [9.17, 15) is 9.90 Å². The number of pyridine rings is 2. The minimum atomic E-state index is -1.25. The van der Waals surface area contributed by atoms with Crippen molar-refractivity contribution < 1.29 is 28.5 Å².